The molecule has 2 heterocycles. The molecule has 0 unspecified atom stereocenters. The van der Waals surface area contributed by atoms with E-state index >= 15 is 0 Å². The molecule has 0 amide bonds. The molecule has 0 spiro atoms. The molecule has 1 aliphatic heterocycles. The Kier molecular flexibility index (Phi) is 5.04. The largest absolute Gasteiger partial charge is 0.494 e. The topological polar surface area (TPSA) is 43.2 Å². The van der Waals surface area contributed by atoms with Crippen molar-refractivity contribution in [2.24, 2.45) is 0 Å². The highest BCUT2D eigenvalue weighted by Crippen LogP contribution is 2.34. The number of benzene rings is 2. The van der Waals surface area contributed by atoms with Gasteiger partial charge in [-0.05, 0) is 42.8 Å². The molecule has 5 nitrogen and oxygen atoms in total. The quantitative estimate of drug-likeness (QED) is 0.570. The van der Waals surface area contributed by atoms with Gasteiger partial charge in [0.25, 0.3) is 0 Å². The minimum atomic E-state index is 0.670. The predicted octanol–water partition coefficient (Wildman–Crippen LogP) is 4.77. The molecule has 26 heavy (non-hydrogen) atoms. The van der Waals surface area contributed by atoms with E-state index in [0.717, 1.165) is 52.0 Å². The lowest BCUT2D eigenvalue weighted by Crippen LogP contribution is -2.14. The SMILES string of the molecule is CCOc1ccc(N2CCn3c(SCc4ccccc4Cl)nnc32)cc1. The summed E-state index contributed by atoms with van der Waals surface area (Å²) in [6.45, 7) is 4.42. The van der Waals surface area contributed by atoms with Gasteiger partial charge in [-0.15, -0.1) is 10.2 Å². The van der Waals surface area contributed by atoms with Crippen molar-refractivity contribution >= 4 is 35.0 Å². The lowest BCUT2D eigenvalue weighted by Gasteiger charge is -2.15. The molecular formula is C19H19ClN4OS. The third-order valence-corrected chi connectivity index (χ3v) is 5.64. The molecule has 1 aliphatic rings. The standard InChI is InChI=1S/C19H19ClN4OS/c1-2-25-16-9-7-15(8-10-16)23-11-12-24-18(23)21-22-19(24)26-13-14-5-3-4-6-17(14)20/h3-10H,2,11-13H2,1H3. The van der Waals surface area contributed by atoms with Crippen LogP contribution in [0.2, 0.25) is 5.02 Å². The van der Waals surface area contributed by atoms with Gasteiger partial charge < -0.3 is 9.64 Å². The van der Waals surface area contributed by atoms with Crippen molar-refractivity contribution in [1.29, 1.82) is 0 Å². The molecular weight excluding hydrogens is 368 g/mol. The second-order valence-electron chi connectivity index (χ2n) is 5.89. The molecule has 0 bridgehead atoms. The molecule has 0 atom stereocenters. The second kappa shape index (κ2) is 7.60. The number of hydrogen-bond donors (Lipinski definition) is 0. The van der Waals surface area contributed by atoms with E-state index in [1.807, 2.05) is 43.3 Å². The highest BCUT2D eigenvalue weighted by molar-refractivity contribution is 7.98. The van der Waals surface area contributed by atoms with Crippen LogP contribution >= 0.6 is 23.4 Å². The van der Waals surface area contributed by atoms with Crippen molar-refractivity contribution in [3.05, 3.63) is 59.1 Å². The van der Waals surface area contributed by atoms with Gasteiger partial charge in [0.2, 0.25) is 5.95 Å². The van der Waals surface area contributed by atoms with E-state index in [-0.39, 0.29) is 0 Å². The molecule has 0 aliphatic carbocycles. The van der Waals surface area contributed by atoms with Crippen LogP contribution in [-0.4, -0.2) is 27.9 Å². The van der Waals surface area contributed by atoms with Crippen LogP contribution < -0.4 is 9.64 Å². The van der Waals surface area contributed by atoms with Gasteiger partial charge >= 0.3 is 0 Å². The monoisotopic (exact) mass is 386 g/mol. The van der Waals surface area contributed by atoms with E-state index in [2.05, 4.69) is 31.8 Å². The Balaban J connectivity index is 1.49. The molecule has 7 heteroatoms. The number of anilines is 2. The first-order valence-electron chi connectivity index (χ1n) is 8.56. The first-order valence-corrected chi connectivity index (χ1v) is 9.92. The number of hydrogen-bond acceptors (Lipinski definition) is 5. The van der Waals surface area contributed by atoms with Gasteiger partial charge in [-0.3, -0.25) is 4.57 Å². The minimum absolute atomic E-state index is 0.670. The van der Waals surface area contributed by atoms with Gasteiger partial charge in [-0.2, -0.15) is 0 Å². The zero-order valence-corrected chi connectivity index (χ0v) is 16.0. The van der Waals surface area contributed by atoms with E-state index in [0.29, 0.717) is 6.61 Å². The molecule has 0 saturated carbocycles. The van der Waals surface area contributed by atoms with Crippen LogP contribution in [0.15, 0.2) is 53.7 Å². The van der Waals surface area contributed by atoms with Gasteiger partial charge in [-0.1, -0.05) is 41.6 Å². The number of ether oxygens (including phenoxy) is 1. The van der Waals surface area contributed by atoms with Crippen molar-refractivity contribution in [2.75, 3.05) is 18.1 Å². The molecule has 0 fully saturated rings. The Morgan fingerprint density at radius 3 is 2.65 bits per heavy atom. The van der Waals surface area contributed by atoms with Crippen LogP contribution in [0.5, 0.6) is 5.75 Å². The maximum absolute atomic E-state index is 6.25. The molecule has 0 radical (unpaired) electrons. The average Bonchev–Trinajstić information content (AvgIpc) is 3.25. The number of halogens is 1. The Hall–Kier alpha value is -2.18. The smallest absolute Gasteiger partial charge is 0.232 e. The number of rotatable bonds is 6. The van der Waals surface area contributed by atoms with Gasteiger partial charge in [0.05, 0.1) is 6.61 Å². The van der Waals surface area contributed by atoms with Crippen LogP contribution in [0, 0.1) is 0 Å². The summed E-state index contributed by atoms with van der Waals surface area (Å²) in [6, 6.07) is 16.0. The molecule has 0 saturated heterocycles. The summed E-state index contributed by atoms with van der Waals surface area (Å²) in [7, 11) is 0. The summed E-state index contributed by atoms with van der Waals surface area (Å²) in [4.78, 5) is 2.18. The van der Waals surface area contributed by atoms with E-state index < -0.39 is 0 Å². The summed E-state index contributed by atoms with van der Waals surface area (Å²) in [5.74, 6) is 2.55. The molecule has 4 rings (SSSR count). The fourth-order valence-electron chi connectivity index (χ4n) is 2.97. The van der Waals surface area contributed by atoms with Crippen molar-refractivity contribution in [3.8, 4) is 5.75 Å². The summed E-state index contributed by atoms with van der Waals surface area (Å²) in [5.41, 5.74) is 2.21. The maximum Gasteiger partial charge on any atom is 0.232 e. The highest BCUT2D eigenvalue weighted by Gasteiger charge is 2.26. The number of nitrogens with zero attached hydrogens (tertiary/aromatic N) is 4. The molecule has 134 valence electrons. The van der Waals surface area contributed by atoms with Gasteiger partial charge in [-0.25, -0.2) is 0 Å². The summed E-state index contributed by atoms with van der Waals surface area (Å²) < 4.78 is 7.68. The van der Waals surface area contributed by atoms with Crippen LogP contribution in [0.1, 0.15) is 12.5 Å². The van der Waals surface area contributed by atoms with Crippen LogP contribution in [0.3, 0.4) is 0 Å². The normalized spacial score (nSPS) is 13.1. The van der Waals surface area contributed by atoms with Crippen LogP contribution in [-0.2, 0) is 12.3 Å². The molecule has 2 aromatic carbocycles. The lowest BCUT2D eigenvalue weighted by molar-refractivity contribution is 0.340. The van der Waals surface area contributed by atoms with E-state index in [9.17, 15) is 0 Å². The molecule has 0 N–H and O–H groups in total. The number of aromatic nitrogens is 3. The van der Waals surface area contributed by atoms with E-state index in [1.165, 1.54) is 0 Å². The average molecular weight is 387 g/mol. The van der Waals surface area contributed by atoms with Gasteiger partial charge in [0, 0.05) is 29.6 Å². The first kappa shape index (κ1) is 17.2. The summed E-state index contributed by atoms with van der Waals surface area (Å²) >= 11 is 7.91. The van der Waals surface area contributed by atoms with E-state index in [4.69, 9.17) is 16.3 Å². The maximum atomic E-state index is 6.25. The second-order valence-corrected chi connectivity index (χ2v) is 7.24. The Bertz CT molecular complexity index is 897. The lowest BCUT2D eigenvalue weighted by atomic mass is 10.2. The predicted molar refractivity (Wildman–Crippen MR) is 106 cm³/mol. The zero-order chi connectivity index (χ0) is 17.9. The number of thioether (sulfide) groups is 1. The number of fused-ring (bicyclic) bond motifs is 1. The van der Waals surface area contributed by atoms with Crippen molar-refractivity contribution in [3.63, 3.8) is 0 Å². The molecule has 3 aromatic rings. The Labute approximate surface area is 161 Å². The third-order valence-electron chi connectivity index (χ3n) is 4.26. The summed E-state index contributed by atoms with van der Waals surface area (Å²) in [5, 5.41) is 10.5. The van der Waals surface area contributed by atoms with Crippen molar-refractivity contribution in [2.45, 2.75) is 24.4 Å². The van der Waals surface area contributed by atoms with Crippen molar-refractivity contribution < 1.29 is 4.74 Å². The third kappa shape index (κ3) is 3.39. The van der Waals surface area contributed by atoms with E-state index in [1.54, 1.807) is 11.8 Å². The zero-order valence-electron chi connectivity index (χ0n) is 14.4. The fraction of sp³-hybridized carbons (Fsp3) is 0.263. The van der Waals surface area contributed by atoms with Crippen LogP contribution in [0.4, 0.5) is 11.6 Å². The summed E-state index contributed by atoms with van der Waals surface area (Å²) in [6.07, 6.45) is 0. The highest BCUT2D eigenvalue weighted by atomic mass is 35.5. The Morgan fingerprint density at radius 2 is 1.88 bits per heavy atom. The van der Waals surface area contributed by atoms with Gasteiger partial charge in [0.15, 0.2) is 5.16 Å². The Morgan fingerprint density at radius 1 is 1.08 bits per heavy atom. The minimum Gasteiger partial charge on any atom is -0.494 e. The van der Waals surface area contributed by atoms with Crippen molar-refractivity contribution in [1.82, 2.24) is 14.8 Å². The molecule has 1 aromatic heterocycles. The first-order chi connectivity index (χ1) is 12.8. The fourth-order valence-corrected chi connectivity index (χ4v) is 4.22. The van der Waals surface area contributed by atoms with Crippen LogP contribution in [0.25, 0.3) is 0 Å². The van der Waals surface area contributed by atoms with Gasteiger partial charge in [0.1, 0.15) is 5.75 Å².